The topological polar surface area (TPSA) is 117 Å². The van der Waals surface area contributed by atoms with Crippen molar-refractivity contribution in [3.05, 3.63) is 84.4 Å². The van der Waals surface area contributed by atoms with E-state index in [1.165, 1.54) is 19.1 Å². The van der Waals surface area contributed by atoms with Crippen LogP contribution in [0.15, 0.2) is 78.9 Å². The van der Waals surface area contributed by atoms with Crippen molar-refractivity contribution in [2.45, 2.75) is 17.9 Å². The first-order chi connectivity index (χ1) is 18.1. The summed E-state index contributed by atoms with van der Waals surface area (Å²) in [6.07, 6.45) is 0.312. The van der Waals surface area contributed by atoms with E-state index in [0.717, 1.165) is 9.87 Å². The van der Waals surface area contributed by atoms with Gasteiger partial charge in [0.15, 0.2) is 0 Å². The van der Waals surface area contributed by atoms with Gasteiger partial charge in [0, 0.05) is 25.7 Å². The van der Waals surface area contributed by atoms with Crippen molar-refractivity contribution < 1.29 is 27.5 Å². The Kier molecular flexibility index (Phi) is 7.49. The van der Waals surface area contributed by atoms with E-state index < -0.39 is 21.8 Å². The van der Waals surface area contributed by atoms with E-state index in [0.29, 0.717) is 23.6 Å². The number of methoxy groups -OCH3 is 2. The van der Waals surface area contributed by atoms with Crippen molar-refractivity contribution in [3.63, 3.8) is 0 Å². The maximum atomic E-state index is 13.8. The van der Waals surface area contributed by atoms with Crippen LogP contribution in [-0.4, -0.2) is 54.2 Å². The van der Waals surface area contributed by atoms with E-state index in [1.807, 2.05) is 35.1 Å². The highest BCUT2D eigenvalue weighted by molar-refractivity contribution is 7.91. The van der Waals surface area contributed by atoms with Gasteiger partial charge in [0.25, 0.3) is 5.91 Å². The Labute approximate surface area is 222 Å². The summed E-state index contributed by atoms with van der Waals surface area (Å²) in [6, 6.07) is 21.7. The molecule has 0 spiro atoms. The molecule has 0 radical (unpaired) electrons. The Morgan fingerprint density at radius 2 is 1.53 bits per heavy atom. The van der Waals surface area contributed by atoms with Crippen LogP contribution in [-0.2, 0) is 15.0 Å². The number of carbonyl (C=O) groups is 2. The van der Waals surface area contributed by atoms with Gasteiger partial charge in [-0.1, -0.05) is 42.5 Å². The minimum Gasteiger partial charge on any atom is -0.497 e. The fourth-order valence-electron chi connectivity index (χ4n) is 4.43. The summed E-state index contributed by atoms with van der Waals surface area (Å²) in [4.78, 5) is 28.3. The van der Waals surface area contributed by atoms with E-state index in [2.05, 4.69) is 5.32 Å². The van der Waals surface area contributed by atoms with Gasteiger partial charge < -0.3 is 19.7 Å². The van der Waals surface area contributed by atoms with Crippen LogP contribution in [0.3, 0.4) is 0 Å². The molecule has 1 saturated carbocycles. The van der Waals surface area contributed by atoms with Crippen LogP contribution in [0.25, 0.3) is 0 Å². The molecule has 0 aromatic heterocycles. The van der Waals surface area contributed by atoms with Crippen LogP contribution in [0.5, 0.6) is 11.5 Å². The smallest absolute Gasteiger partial charge is 0.330 e. The molecule has 1 unspecified atom stereocenters. The SMILES string of the molecule is COc1ccc(N(C)C(=O)[C@]2(NC(=O)NS(=O)(=O)N(C)c3ccccc3OC)CC2c2ccccc2)cc1. The molecule has 10 nitrogen and oxygen atoms in total. The monoisotopic (exact) mass is 538 g/mol. The van der Waals surface area contributed by atoms with Crippen molar-refractivity contribution in [1.29, 1.82) is 0 Å². The van der Waals surface area contributed by atoms with Crippen molar-refractivity contribution in [3.8, 4) is 11.5 Å². The Hall–Kier alpha value is -4.25. The van der Waals surface area contributed by atoms with Crippen LogP contribution >= 0.6 is 0 Å². The molecule has 4 rings (SSSR count). The third kappa shape index (κ3) is 5.23. The second kappa shape index (κ2) is 10.6. The van der Waals surface area contributed by atoms with Crippen molar-refractivity contribution in [2.24, 2.45) is 0 Å². The summed E-state index contributed by atoms with van der Waals surface area (Å²) < 4.78 is 39.5. The molecule has 0 aliphatic heterocycles. The van der Waals surface area contributed by atoms with Crippen LogP contribution in [0.2, 0.25) is 0 Å². The Bertz CT molecular complexity index is 1410. The second-order valence-corrected chi connectivity index (χ2v) is 10.6. The minimum atomic E-state index is -4.33. The van der Waals surface area contributed by atoms with Gasteiger partial charge in [0.2, 0.25) is 0 Å². The molecule has 1 fully saturated rings. The quantitative estimate of drug-likeness (QED) is 0.432. The van der Waals surface area contributed by atoms with Gasteiger partial charge >= 0.3 is 16.2 Å². The minimum absolute atomic E-state index is 0.244. The largest absolute Gasteiger partial charge is 0.497 e. The Morgan fingerprint density at radius 3 is 2.16 bits per heavy atom. The normalized spacial score (nSPS) is 18.2. The molecule has 0 heterocycles. The van der Waals surface area contributed by atoms with Gasteiger partial charge in [-0.15, -0.1) is 0 Å². The molecule has 1 aliphatic rings. The van der Waals surface area contributed by atoms with Gasteiger partial charge in [0.1, 0.15) is 17.0 Å². The predicted octanol–water partition coefficient (Wildman–Crippen LogP) is 3.27. The molecule has 0 bridgehead atoms. The maximum Gasteiger partial charge on any atom is 0.330 e. The number of amides is 3. The highest BCUT2D eigenvalue weighted by Gasteiger charge is 2.63. The third-order valence-electron chi connectivity index (χ3n) is 6.65. The highest BCUT2D eigenvalue weighted by atomic mass is 32.2. The molecule has 11 heteroatoms. The first-order valence-electron chi connectivity index (χ1n) is 11.8. The number of nitrogens with zero attached hydrogens (tertiary/aromatic N) is 2. The average molecular weight is 539 g/mol. The van der Waals surface area contributed by atoms with Gasteiger partial charge in [-0.05, 0) is 48.4 Å². The van der Waals surface area contributed by atoms with Crippen LogP contribution in [0.4, 0.5) is 16.2 Å². The van der Waals surface area contributed by atoms with Gasteiger partial charge in [-0.25, -0.2) is 9.52 Å². The summed E-state index contributed by atoms with van der Waals surface area (Å²) in [6.45, 7) is 0. The van der Waals surface area contributed by atoms with Crippen LogP contribution in [0.1, 0.15) is 17.9 Å². The molecule has 2 N–H and O–H groups in total. The third-order valence-corrected chi connectivity index (χ3v) is 8.01. The summed E-state index contributed by atoms with van der Waals surface area (Å²) in [5, 5.41) is 2.68. The summed E-state index contributed by atoms with van der Waals surface area (Å²) in [5.74, 6) is 0.249. The number of carbonyl (C=O) groups excluding carboxylic acids is 2. The number of benzene rings is 3. The molecule has 1 aliphatic carbocycles. The zero-order valence-corrected chi connectivity index (χ0v) is 22.4. The van der Waals surface area contributed by atoms with E-state index in [9.17, 15) is 18.0 Å². The van der Waals surface area contributed by atoms with E-state index in [1.54, 1.807) is 62.7 Å². The second-order valence-electron chi connectivity index (χ2n) is 8.90. The lowest BCUT2D eigenvalue weighted by atomic mass is 10.0. The lowest BCUT2D eigenvalue weighted by Crippen LogP contribution is -2.56. The number of hydrogen-bond donors (Lipinski definition) is 2. The number of nitrogens with one attached hydrogen (secondary N) is 2. The molecule has 0 saturated heterocycles. The Morgan fingerprint density at radius 1 is 0.895 bits per heavy atom. The van der Waals surface area contributed by atoms with E-state index in [-0.39, 0.29) is 17.5 Å². The van der Waals surface area contributed by atoms with Crippen LogP contribution in [0, 0.1) is 0 Å². The fourth-order valence-corrected chi connectivity index (χ4v) is 5.27. The number of hydrogen-bond acceptors (Lipinski definition) is 6. The van der Waals surface area contributed by atoms with Crippen molar-refractivity contribution in [2.75, 3.05) is 37.5 Å². The number of likely N-dealkylation sites (N-methyl/N-ethyl adjacent to an activating group) is 1. The Balaban J connectivity index is 1.58. The summed E-state index contributed by atoms with van der Waals surface area (Å²) in [7, 11) is 1.56. The highest BCUT2D eigenvalue weighted by Crippen LogP contribution is 2.52. The number of anilines is 2. The summed E-state index contributed by atoms with van der Waals surface area (Å²) >= 11 is 0. The van der Waals surface area contributed by atoms with E-state index in [4.69, 9.17) is 9.47 Å². The number of urea groups is 1. The maximum absolute atomic E-state index is 13.8. The molecule has 200 valence electrons. The average Bonchev–Trinajstić information content (AvgIpc) is 3.66. The zero-order chi connectivity index (χ0) is 27.5. The lowest BCUT2D eigenvalue weighted by Gasteiger charge is -2.27. The predicted molar refractivity (Wildman–Crippen MR) is 145 cm³/mol. The lowest BCUT2D eigenvalue weighted by molar-refractivity contribution is -0.121. The molecule has 3 aromatic rings. The number of rotatable bonds is 9. The first kappa shape index (κ1) is 26.8. The van der Waals surface area contributed by atoms with E-state index >= 15 is 0 Å². The van der Waals surface area contributed by atoms with Crippen molar-refractivity contribution in [1.82, 2.24) is 10.0 Å². The summed E-state index contributed by atoms with van der Waals surface area (Å²) in [5.41, 5.74) is 0.366. The first-order valence-corrected chi connectivity index (χ1v) is 13.3. The molecule has 3 amide bonds. The van der Waals surface area contributed by atoms with Gasteiger partial charge in [0.05, 0.1) is 19.9 Å². The molecule has 3 aromatic carbocycles. The number of ether oxygens (including phenoxy) is 2. The van der Waals surface area contributed by atoms with Crippen LogP contribution < -0.4 is 28.7 Å². The van der Waals surface area contributed by atoms with Crippen molar-refractivity contribution >= 4 is 33.5 Å². The molecular weight excluding hydrogens is 508 g/mol. The number of para-hydroxylation sites is 2. The molecule has 2 atom stereocenters. The molecular formula is C27H30N4O6S. The van der Waals surface area contributed by atoms with Gasteiger partial charge in [-0.3, -0.25) is 9.10 Å². The zero-order valence-electron chi connectivity index (χ0n) is 21.5. The van der Waals surface area contributed by atoms with Gasteiger partial charge in [-0.2, -0.15) is 8.42 Å². The fraction of sp³-hybridized carbons (Fsp3) is 0.259. The molecule has 38 heavy (non-hydrogen) atoms. The standard InChI is InChI=1S/C27H30N4O6S/c1-30(20-14-16-21(36-3)17-15-20)25(32)27(18-22(27)19-10-6-5-7-11-19)28-26(33)29-38(34,35)31(2)23-12-8-9-13-24(23)37-4/h5-17,22H,18H2,1-4H3,(H2,28,29,33)/t22?,27-/m0/s1.